The maximum Gasteiger partial charge on any atom is 0.430 e. The summed E-state index contributed by atoms with van der Waals surface area (Å²) < 4.78 is 62.5. The molecular formula is C25H26F4N2O3. The molecule has 1 N–H and O–H groups in total. The largest absolute Gasteiger partial charge is 0.430 e. The number of alkyl halides is 3. The van der Waals surface area contributed by atoms with Crippen LogP contribution in [-0.4, -0.2) is 49.6 Å². The number of benzene rings is 2. The van der Waals surface area contributed by atoms with Crippen molar-refractivity contribution in [2.24, 2.45) is 5.41 Å². The number of rotatable bonds is 4. The van der Waals surface area contributed by atoms with Gasteiger partial charge in [-0.15, -0.1) is 0 Å². The number of hydrogen-bond acceptors (Lipinski definition) is 3. The third kappa shape index (κ3) is 3.96. The van der Waals surface area contributed by atoms with E-state index in [1.165, 1.54) is 30.3 Å². The lowest BCUT2D eigenvalue weighted by molar-refractivity contribution is -0.271. The van der Waals surface area contributed by atoms with Gasteiger partial charge in [0.05, 0.1) is 0 Å². The van der Waals surface area contributed by atoms with Gasteiger partial charge in [0.1, 0.15) is 5.82 Å². The van der Waals surface area contributed by atoms with Crippen LogP contribution < -0.4 is 5.32 Å². The second-order valence-electron chi connectivity index (χ2n) is 8.96. The summed E-state index contributed by atoms with van der Waals surface area (Å²) >= 11 is 0. The zero-order chi connectivity index (χ0) is 24.6. The number of carbonyl (C=O) groups is 2. The van der Waals surface area contributed by atoms with Gasteiger partial charge in [-0.1, -0.05) is 48.5 Å². The third-order valence-electron chi connectivity index (χ3n) is 7.27. The quantitative estimate of drug-likeness (QED) is 0.672. The van der Waals surface area contributed by atoms with Crippen molar-refractivity contribution >= 4 is 11.8 Å². The van der Waals surface area contributed by atoms with Crippen LogP contribution in [0.1, 0.15) is 36.3 Å². The first-order valence-corrected chi connectivity index (χ1v) is 11.1. The molecule has 2 atom stereocenters. The highest BCUT2D eigenvalue weighted by molar-refractivity contribution is 5.88. The molecule has 2 saturated heterocycles. The molecule has 1 spiro atoms. The van der Waals surface area contributed by atoms with E-state index in [2.05, 4.69) is 5.32 Å². The second kappa shape index (κ2) is 9.02. The molecule has 0 aliphatic carbocycles. The predicted molar refractivity (Wildman–Crippen MR) is 116 cm³/mol. The molecule has 2 fully saturated rings. The Labute approximate surface area is 195 Å². The average molecular weight is 478 g/mol. The highest BCUT2D eigenvalue weighted by atomic mass is 19.4. The summed E-state index contributed by atoms with van der Waals surface area (Å²) in [6.45, 7) is 0.248. The first-order chi connectivity index (χ1) is 16.1. The summed E-state index contributed by atoms with van der Waals surface area (Å²) in [6, 6.07) is 13.2. The number of piperidine rings is 2. The number of amides is 2. The van der Waals surface area contributed by atoms with Crippen molar-refractivity contribution in [1.82, 2.24) is 10.2 Å². The molecule has 2 aromatic carbocycles. The monoisotopic (exact) mass is 478 g/mol. The van der Waals surface area contributed by atoms with Crippen molar-refractivity contribution in [3.8, 4) is 0 Å². The van der Waals surface area contributed by atoms with Crippen LogP contribution in [-0.2, 0) is 19.9 Å². The Morgan fingerprint density at radius 3 is 2.26 bits per heavy atom. The van der Waals surface area contributed by atoms with Gasteiger partial charge in [-0.2, -0.15) is 13.2 Å². The number of carbonyl (C=O) groups excluding carboxylic acids is 2. The van der Waals surface area contributed by atoms with Gasteiger partial charge < -0.3 is 15.0 Å². The lowest BCUT2D eigenvalue weighted by Gasteiger charge is -2.50. The van der Waals surface area contributed by atoms with E-state index in [1.807, 2.05) is 0 Å². The SMILES string of the molecule is CO[C@@](C(=O)N1CCC2(CC1)CC(=O)NC[C@H]2c1ccccc1F)(c1ccccc1)C(F)(F)F. The zero-order valence-electron chi connectivity index (χ0n) is 18.7. The average Bonchev–Trinajstić information content (AvgIpc) is 2.81. The van der Waals surface area contributed by atoms with E-state index < -0.39 is 23.1 Å². The van der Waals surface area contributed by atoms with Gasteiger partial charge in [0.2, 0.25) is 5.91 Å². The highest BCUT2D eigenvalue weighted by Crippen LogP contribution is 2.50. The molecule has 0 bridgehead atoms. The fourth-order valence-electron chi connectivity index (χ4n) is 5.44. The van der Waals surface area contributed by atoms with Gasteiger partial charge in [0.25, 0.3) is 11.5 Å². The van der Waals surface area contributed by atoms with E-state index in [9.17, 15) is 27.2 Å². The number of nitrogens with zero attached hydrogens (tertiary/aromatic N) is 1. The smallest absolute Gasteiger partial charge is 0.356 e. The summed E-state index contributed by atoms with van der Waals surface area (Å²) in [7, 11) is 0.878. The number of hydrogen-bond donors (Lipinski definition) is 1. The van der Waals surface area contributed by atoms with E-state index in [0.717, 1.165) is 12.0 Å². The first kappa shape index (κ1) is 24.2. The van der Waals surface area contributed by atoms with Crippen LogP contribution in [0.5, 0.6) is 0 Å². The van der Waals surface area contributed by atoms with Crippen LogP contribution in [0.3, 0.4) is 0 Å². The van der Waals surface area contributed by atoms with Crippen molar-refractivity contribution in [1.29, 1.82) is 0 Å². The van der Waals surface area contributed by atoms with Crippen LogP contribution in [0.25, 0.3) is 0 Å². The van der Waals surface area contributed by atoms with Crippen LogP contribution in [0, 0.1) is 11.2 Å². The molecule has 182 valence electrons. The van der Waals surface area contributed by atoms with E-state index in [-0.39, 0.29) is 62.1 Å². The van der Waals surface area contributed by atoms with Gasteiger partial charge in [0.15, 0.2) is 0 Å². The summed E-state index contributed by atoms with van der Waals surface area (Å²) in [6.07, 6.45) is -4.31. The van der Waals surface area contributed by atoms with E-state index in [1.54, 1.807) is 24.3 Å². The molecule has 9 heteroatoms. The minimum Gasteiger partial charge on any atom is -0.356 e. The Bertz CT molecular complexity index is 1050. The maximum absolute atomic E-state index is 14.6. The van der Waals surface area contributed by atoms with Crippen LogP contribution in [0.15, 0.2) is 54.6 Å². The molecule has 0 aromatic heterocycles. The van der Waals surface area contributed by atoms with E-state index in [0.29, 0.717) is 5.56 Å². The minimum atomic E-state index is -4.99. The minimum absolute atomic E-state index is 0.00505. The summed E-state index contributed by atoms with van der Waals surface area (Å²) in [4.78, 5) is 26.8. The lowest BCUT2D eigenvalue weighted by atomic mass is 9.62. The highest BCUT2D eigenvalue weighted by Gasteiger charge is 2.64. The predicted octanol–water partition coefficient (Wildman–Crippen LogP) is 4.14. The Hall–Kier alpha value is -2.94. The molecular weight excluding hydrogens is 452 g/mol. The topological polar surface area (TPSA) is 58.6 Å². The molecule has 0 saturated carbocycles. The maximum atomic E-state index is 14.6. The summed E-state index contributed by atoms with van der Waals surface area (Å²) in [5.74, 6) is -2.10. The standard InChI is InChI=1S/C25H26F4N2O3/c1-34-24(25(27,28)29,17-7-3-2-4-8-17)22(33)31-13-11-23(12-14-31)15-21(32)30-16-19(23)18-9-5-6-10-20(18)26/h2-10,19H,11-16H2,1H3,(H,30,32)/t19-,24+/m0/s1. The zero-order valence-corrected chi connectivity index (χ0v) is 18.7. The van der Waals surface area contributed by atoms with E-state index in [4.69, 9.17) is 4.74 Å². The molecule has 5 nitrogen and oxygen atoms in total. The summed E-state index contributed by atoms with van der Waals surface area (Å²) in [5, 5.41) is 2.78. The molecule has 2 aliphatic rings. The van der Waals surface area contributed by atoms with Crippen LogP contribution >= 0.6 is 0 Å². The Morgan fingerprint density at radius 2 is 1.68 bits per heavy atom. The van der Waals surface area contributed by atoms with Crippen molar-refractivity contribution in [2.75, 3.05) is 26.7 Å². The fourth-order valence-corrected chi connectivity index (χ4v) is 5.44. The van der Waals surface area contributed by atoms with Gasteiger partial charge >= 0.3 is 6.18 Å². The first-order valence-electron chi connectivity index (χ1n) is 11.1. The molecule has 2 aliphatic heterocycles. The molecule has 2 aromatic rings. The van der Waals surface area contributed by atoms with Crippen molar-refractivity contribution < 1.29 is 31.9 Å². The number of halogens is 4. The summed E-state index contributed by atoms with van der Waals surface area (Å²) in [5.41, 5.74) is -3.61. The second-order valence-corrected chi connectivity index (χ2v) is 8.96. The molecule has 0 unspecified atom stereocenters. The van der Waals surface area contributed by atoms with Crippen LogP contribution in [0.4, 0.5) is 17.6 Å². The number of ether oxygens (including phenoxy) is 1. The molecule has 2 amide bonds. The van der Waals surface area contributed by atoms with Crippen molar-refractivity contribution in [2.45, 2.75) is 37.0 Å². The Morgan fingerprint density at radius 1 is 1.06 bits per heavy atom. The number of nitrogens with one attached hydrogen (secondary N) is 1. The van der Waals surface area contributed by atoms with Crippen LogP contribution in [0.2, 0.25) is 0 Å². The fraction of sp³-hybridized carbons (Fsp3) is 0.440. The molecule has 2 heterocycles. The van der Waals surface area contributed by atoms with Crippen molar-refractivity contribution in [3.05, 3.63) is 71.5 Å². The number of methoxy groups -OCH3 is 1. The van der Waals surface area contributed by atoms with Gasteiger partial charge in [-0.3, -0.25) is 9.59 Å². The van der Waals surface area contributed by atoms with Gasteiger partial charge in [-0.05, 0) is 29.9 Å². The normalized spacial score (nSPS) is 22.2. The van der Waals surface area contributed by atoms with Gasteiger partial charge in [0, 0.05) is 44.6 Å². The Balaban J connectivity index is 1.63. The molecule has 4 rings (SSSR count). The molecule has 34 heavy (non-hydrogen) atoms. The molecule has 0 radical (unpaired) electrons. The van der Waals surface area contributed by atoms with E-state index >= 15 is 0 Å². The Kier molecular flexibility index (Phi) is 6.42. The van der Waals surface area contributed by atoms with Gasteiger partial charge in [-0.25, -0.2) is 4.39 Å². The lowest BCUT2D eigenvalue weighted by Crippen LogP contribution is -2.60. The third-order valence-corrected chi connectivity index (χ3v) is 7.27. The van der Waals surface area contributed by atoms with Crippen molar-refractivity contribution in [3.63, 3.8) is 0 Å². The number of likely N-dealkylation sites (tertiary alicyclic amines) is 1.